The summed E-state index contributed by atoms with van der Waals surface area (Å²) < 4.78 is 5.52. The first-order valence-corrected chi connectivity index (χ1v) is 4.59. The monoisotopic (exact) mass is 168 g/mol. The molecule has 0 spiro atoms. The molecule has 1 aliphatic rings. The molecule has 1 saturated heterocycles. The lowest BCUT2D eigenvalue weighted by atomic mass is 9.89. The quantitative estimate of drug-likeness (QED) is 0.505. The van der Waals surface area contributed by atoms with Gasteiger partial charge in [0.05, 0.1) is 0 Å². The topological polar surface area (TPSA) is 12.5 Å². The zero-order valence-electron chi connectivity index (χ0n) is 9.06. The van der Waals surface area contributed by atoms with Crippen LogP contribution >= 0.6 is 0 Å². The van der Waals surface area contributed by atoms with Crippen LogP contribution in [0.15, 0.2) is 11.8 Å². The number of allylic oxidation sites excluding steroid dienone is 1. The van der Waals surface area contributed by atoms with Gasteiger partial charge in [0, 0.05) is 5.41 Å². The third-order valence-electron chi connectivity index (χ3n) is 1.82. The summed E-state index contributed by atoms with van der Waals surface area (Å²) in [5, 5.41) is 0. The fraction of sp³-hybridized carbons (Fsp3) is 0.818. The third-order valence-corrected chi connectivity index (χ3v) is 1.82. The van der Waals surface area contributed by atoms with Gasteiger partial charge in [0.2, 0.25) is 0 Å². The Morgan fingerprint density at radius 1 is 1.08 bits per heavy atom. The normalized spacial score (nSPS) is 27.2. The summed E-state index contributed by atoms with van der Waals surface area (Å²) in [5.74, 6) is 1.18. The molecule has 0 bridgehead atoms. The van der Waals surface area contributed by atoms with Crippen LogP contribution < -0.4 is 0 Å². The van der Waals surface area contributed by atoms with Gasteiger partial charge in [0.25, 0.3) is 0 Å². The van der Waals surface area contributed by atoms with Gasteiger partial charge < -0.3 is 4.74 Å². The van der Waals surface area contributed by atoms with Crippen molar-refractivity contribution in [3.05, 3.63) is 11.8 Å². The van der Waals surface area contributed by atoms with Gasteiger partial charge >= 0.3 is 0 Å². The summed E-state index contributed by atoms with van der Waals surface area (Å²) in [6.45, 7) is 13.2. The second-order valence-electron chi connectivity index (χ2n) is 5.78. The highest BCUT2D eigenvalue weighted by Crippen LogP contribution is 2.43. The Bertz CT molecular complexity index is 200. The minimum absolute atomic E-state index is 0.245. The maximum Gasteiger partial charge on any atom is 0.160 e. The van der Waals surface area contributed by atoms with Gasteiger partial charge in [-0.1, -0.05) is 41.5 Å². The number of ether oxygens (including phenoxy) is 1. The molecule has 1 heteroatoms. The van der Waals surface area contributed by atoms with Crippen LogP contribution in [0.5, 0.6) is 0 Å². The molecule has 1 fully saturated rings. The Morgan fingerprint density at radius 2 is 1.58 bits per heavy atom. The van der Waals surface area contributed by atoms with Crippen molar-refractivity contribution in [3.63, 3.8) is 0 Å². The van der Waals surface area contributed by atoms with Gasteiger partial charge in [-0.2, -0.15) is 0 Å². The Morgan fingerprint density at radius 3 is 1.83 bits per heavy atom. The second-order valence-corrected chi connectivity index (χ2v) is 5.78. The van der Waals surface area contributed by atoms with E-state index in [0.717, 1.165) is 0 Å². The van der Waals surface area contributed by atoms with E-state index >= 15 is 0 Å². The minimum Gasteiger partial charge on any atom is -0.483 e. The molecule has 0 N–H and O–H groups in total. The highest BCUT2D eigenvalue weighted by molar-refractivity contribution is 5.19. The number of rotatable bonds is 0. The molecule has 0 aromatic carbocycles. The predicted molar refractivity (Wildman–Crippen MR) is 51.9 cm³/mol. The van der Waals surface area contributed by atoms with Gasteiger partial charge in [-0.15, -0.1) is 0 Å². The Hall–Kier alpha value is -0.460. The molecule has 12 heavy (non-hydrogen) atoms. The molecule has 0 saturated carbocycles. The predicted octanol–water partition coefficient (Wildman–Crippen LogP) is 3.36. The minimum atomic E-state index is 0.245. The van der Waals surface area contributed by atoms with E-state index in [0.29, 0.717) is 6.10 Å². The van der Waals surface area contributed by atoms with Crippen molar-refractivity contribution < 1.29 is 4.74 Å². The lowest BCUT2D eigenvalue weighted by Crippen LogP contribution is -2.13. The third kappa shape index (κ3) is 2.54. The average Bonchev–Trinajstić information content (AvgIpc) is 2.37. The molecule has 1 atom stereocenters. The zero-order valence-corrected chi connectivity index (χ0v) is 9.06. The molecule has 1 nitrogen and oxygen atoms in total. The van der Waals surface area contributed by atoms with Crippen LogP contribution in [-0.4, -0.2) is 6.10 Å². The summed E-state index contributed by atoms with van der Waals surface area (Å²) in [5.41, 5.74) is 0.506. The molecule has 1 rings (SSSR count). The zero-order chi connectivity index (χ0) is 9.57. The standard InChI is InChI=1S/C11H20O/c1-10(2,3)7-8-9(12-8)11(4,5)6/h7,9H,1-6H3/b8-7-. The highest BCUT2D eigenvalue weighted by atomic mass is 16.6. The lowest BCUT2D eigenvalue weighted by Gasteiger charge is -2.12. The number of epoxide rings is 1. The summed E-state index contributed by atoms with van der Waals surface area (Å²) in [6.07, 6.45) is 2.58. The first-order chi connectivity index (χ1) is 5.20. The largest absolute Gasteiger partial charge is 0.483 e. The Balaban J connectivity index is 2.59. The molecule has 0 aromatic rings. The van der Waals surface area contributed by atoms with Crippen LogP contribution in [0.4, 0.5) is 0 Å². The molecular formula is C11H20O. The van der Waals surface area contributed by atoms with E-state index in [-0.39, 0.29) is 10.8 Å². The van der Waals surface area contributed by atoms with Crippen molar-refractivity contribution in [2.24, 2.45) is 10.8 Å². The van der Waals surface area contributed by atoms with Gasteiger partial charge in [-0.25, -0.2) is 0 Å². The van der Waals surface area contributed by atoms with E-state index in [4.69, 9.17) is 4.74 Å². The van der Waals surface area contributed by atoms with Crippen molar-refractivity contribution >= 4 is 0 Å². The first-order valence-electron chi connectivity index (χ1n) is 4.59. The number of hydrogen-bond donors (Lipinski definition) is 0. The molecule has 0 aromatic heterocycles. The molecule has 0 aliphatic carbocycles. The Kier molecular flexibility index (Phi) is 2.02. The van der Waals surface area contributed by atoms with Crippen LogP contribution in [0.2, 0.25) is 0 Å². The van der Waals surface area contributed by atoms with Crippen LogP contribution in [-0.2, 0) is 4.74 Å². The van der Waals surface area contributed by atoms with Crippen molar-refractivity contribution in [2.45, 2.75) is 47.6 Å². The molecule has 1 heterocycles. The van der Waals surface area contributed by atoms with E-state index in [9.17, 15) is 0 Å². The molecule has 70 valence electrons. The molecular weight excluding hydrogens is 148 g/mol. The summed E-state index contributed by atoms with van der Waals surface area (Å²) in [4.78, 5) is 0. The van der Waals surface area contributed by atoms with Crippen molar-refractivity contribution in [1.29, 1.82) is 0 Å². The molecule has 0 amide bonds. The average molecular weight is 168 g/mol. The highest BCUT2D eigenvalue weighted by Gasteiger charge is 2.43. The second kappa shape index (κ2) is 2.51. The maximum atomic E-state index is 5.52. The van der Waals surface area contributed by atoms with E-state index in [1.54, 1.807) is 0 Å². The first kappa shape index (κ1) is 9.63. The van der Waals surface area contributed by atoms with Crippen LogP contribution in [0, 0.1) is 10.8 Å². The van der Waals surface area contributed by atoms with Crippen molar-refractivity contribution in [1.82, 2.24) is 0 Å². The van der Waals surface area contributed by atoms with E-state index < -0.39 is 0 Å². The fourth-order valence-corrected chi connectivity index (χ4v) is 1.24. The van der Waals surface area contributed by atoms with Crippen LogP contribution in [0.1, 0.15) is 41.5 Å². The van der Waals surface area contributed by atoms with Crippen molar-refractivity contribution in [2.75, 3.05) is 0 Å². The van der Waals surface area contributed by atoms with E-state index in [2.05, 4.69) is 47.6 Å². The number of hydrogen-bond acceptors (Lipinski definition) is 1. The van der Waals surface area contributed by atoms with Crippen LogP contribution in [0.3, 0.4) is 0 Å². The van der Waals surface area contributed by atoms with Gasteiger partial charge in [-0.3, -0.25) is 0 Å². The fourth-order valence-electron chi connectivity index (χ4n) is 1.24. The van der Waals surface area contributed by atoms with Gasteiger partial charge in [-0.05, 0) is 11.5 Å². The molecule has 0 radical (unpaired) electrons. The smallest absolute Gasteiger partial charge is 0.160 e. The van der Waals surface area contributed by atoms with E-state index in [1.165, 1.54) is 5.76 Å². The summed E-state index contributed by atoms with van der Waals surface area (Å²) in [7, 11) is 0. The summed E-state index contributed by atoms with van der Waals surface area (Å²) >= 11 is 0. The summed E-state index contributed by atoms with van der Waals surface area (Å²) in [6, 6.07) is 0. The van der Waals surface area contributed by atoms with E-state index in [1.807, 2.05) is 0 Å². The SMILES string of the molecule is CC(C)(C)/C=C1\OC1C(C)(C)C. The van der Waals surface area contributed by atoms with Gasteiger partial charge in [0.1, 0.15) is 5.76 Å². The lowest BCUT2D eigenvalue weighted by molar-refractivity contribution is 0.268. The van der Waals surface area contributed by atoms with Crippen molar-refractivity contribution in [3.8, 4) is 0 Å². The molecule has 1 unspecified atom stereocenters. The van der Waals surface area contributed by atoms with Crippen LogP contribution in [0.25, 0.3) is 0 Å². The maximum absolute atomic E-state index is 5.52. The Labute approximate surface area is 75.8 Å². The molecule has 1 aliphatic heterocycles. The van der Waals surface area contributed by atoms with Gasteiger partial charge in [0.15, 0.2) is 6.10 Å².